The summed E-state index contributed by atoms with van der Waals surface area (Å²) in [6.45, 7) is 9.58. The van der Waals surface area contributed by atoms with E-state index in [9.17, 15) is 4.39 Å². The Hall–Kier alpha value is -1.35. The summed E-state index contributed by atoms with van der Waals surface area (Å²) in [5.74, 6) is 0.150. The van der Waals surface area contributed by atoms with Crippen molar-refractivity contribution in [2.24, 2.45) is 0 Å². The van der Waals surface area contributed by atoms with Crippen molar-refractivity contribution in [1.29, 1.82) is 0 Å². The Morgan fingerprint density at radius 3 is 2.82 bits per heavy atom. The van der Waals surface area contributed by atoms with Gasteiger partial charge in [-0.05, 0) is 26.0 Å². The van der Waals surface area contributed by atoms with E-state index in [0.29, 0.717) is 30.0 Å². The number of nitrogens with one attached hydrogen (secondary N) is 1. The molecule has 0 aromatic heterocycles. The van der Waals surface area contributed by atoms with E-state index in [0.717, 1.165) is 13.0 Å². The SMILES string of the molecule is C=C(OCC)c1cccc(CNCCC)c1F. The lowest BCUT2D eigenvalue weighted by atomic mass is 10.1. The van der Waals surface area contributed by atoms with Crippen LogP contribution in [0.5, 0.6) is 0 Å². The van der Waals surface area contributed by atoms with Gasteiger partial charge in [0.1, 0.15) is 11.6 Å². The maximum absolute atomic E-state index is 14.1. The van der Waals surface area contributed by atoms with Gasteiger partial charge in [-0.3, -0.25) is 0 Å². The summed E-state index contributed by atoms with van der Waals surface area (Å²) in [6.07, 6.45) is 1.03. The Bertz CT molecular complexity index is 376. The highest BCUT2D eigenvalue weighted by Crippen LogP contribution is 2.20. The average Bonchev–Trinajstić information content (AvgIpc) is 2.32. The van der Waals surface area contributed by atoms with Crippen LogP contribution in [0.15, 0.2) is 24.8 Å². The van der Waals surface area contributed by atoms with Crippen LogP contribution in [0.2, 0.25) is 0 Å². The van der Waals surface area contributed by atoms with Gasteiger partial charge in [0.05, 0.1) is 12.2 Å². The van der Waals surface area contributed by atoms with Crippen molar-refractivity contribution in [2.45, 2.75) is 26.8 Å². The molecule has 0 amide bonds. The Morgan fingerprint density at radius 1 is 1.41 bits per heavy atom. The first-order chi connectivity index (χ1) is 8.20. The van der Waals surface area contributed by atoms with Crippen LogP contribution < -0.4 is 5.32 Å². The molecule has 17 heavy (non-hydrogen) atoms. The van der Waals surface area contributed by atoms with E-state index < -0.39 is 0 Å². The highest BCUT2D eigenvalue weighted by Gasteiger charge is 2.10. The van der Waals surface area contributed by atoms with Crippen LogP contribution in [-0.4, -0.2) is 13.2 Å². The Balaban J connectivity index is 2.79. The summed E-state index contributed by atoms with van der Waals surface area (Å²) < 4.78 is 19.3. The molecule has 2 nitrogen and oxygen atoms in total. The van der Waals surface area contributed by atoms with Crippen molar-refractivity contribution in [3.8, 4) is 0 Å². The maximum Gasteiger partial charge on any atom is 0.138 e. The predicted octanol–water partition coefficient (Wildman–Crippen LogP) is 3.33. The summed E-state index contributed by atoms with van der Waals surface area (Å²) in [7, 11) is 0. The second-order valence-corrected chi connectivity index (χ2v) is 3.81. The molecule has 1 aromatic carbocycles. The Kier molecular flexibility index (Phi) is 5.70. The normalized spacial score (nSPS) is 10.3. The van der Waals surface area contributed by atoms with Gasteiger partial charge in [-0.1, -0.05) is 25.6 Å². The molecule has 0 radical (unpaired) electrons. The van der Waals surface area contributed by atoms with Gasteiger partial charge in [0.25, 0.3) is 0 Å². The van der Waals surface area contributed by atoms with Gasteiger partial charge in [-0.2, -0.15) is 0 Å². The number of hydrogen-bond acceptors (Lipinski definition) is 2. The molecule has 0 heterocycles. The van der Waals surface area contributed by atoms with Gasteiger partial charge >= 0.3 is 0 Å². The molecule has 0 unspecified atom stereocenters. The minimum absolute atomic E-state index is 0.241. The average molecular weight is 237 g/mol. The standard InChI is InChI=1S/C14H20FNO/c1-4-9-16-10-12-7-6-8-13(14(12)15)11(3)17-5-2/h6-8,16H,3-5,9-10H2,1-2H3. The molecule has 0 saturated heterocycles. The van der Waals surface area contributed by atoms with Gasteiger partial charge in [0.2, 0.25) is 0 Å². The van der Waals surface area contributed by atoms with Crippen molar-refractivity contribution >= 4 is 5.76 Å². The van der Waals surface area contributed by atoms with E-state index in [1.54, 1.807) is 12.1 Å². The summed E-state index contributed by atoms with van der Waals surface area (Å²) in [6, 6.07) is 5.29. The van der Waals surface area contributed by atoms with Crippen LogP contribution in [0.3, 0.4) is 0 Å². The fourth-order valence-corrected chi connectivity index (χ4v) is 1.58. The first-order valence-corrected chi connectivity index (χ1v) is 6.00. The molecule has 0 atom stereocenters. The third kappa shape index (κ3) is 3.86. The van der Waals surface area contributed by atoms with Crippen LogP contribution in [0.1, 0.15) is 31.4 Å². The molecule has 94 valence electrons. The fraction of sp³-hybridized carbons (Fsp3) is 0.429. The van der Waals surface area contributed by atoms with Gasteiger partial charge < -0.3 is 10.1 Å². The van der Waals surface area contributed by atoms with Crippen LogP contribution in [0.25, 0.3) is 5.76 Å². The second-order valence-electron chi connectivity index (χ2n) is 3.81. The number of halogens is 1. The zero-order valence-corrected chi connectivity index (χ0v) is 10.6. The number of hydrogen-bond donors (Lipinski definition) is 1. The highest BCUT2D eigenvalue weighted by molar-refractivity contribution is 5.59. The minimum Gasteiger partial charge on any atom is -0.494 e. The molecule has 0 spiro atoms. The van der Waals surface area contributed by atoms with Crippen LogP contribution in [0, 0.1) is 5.82 Å². The summed E-state index contributed by atoms with van der Waals surface area (Å²) in [5.41, 5.74) is 1.10. The summed E-state index contributed by atoms with van der Waals surface area (Å²) >= 11 is 0. The first kappa shape index (κ1) is 13.7. The molecule has 0 fully saturated rings. The Morgan fingerprint density at radius 2 is 2.18 bits per heavy atom. The van der Waals surface area contributed by atoms with Crippen molar-refractivity contribution in [3.63, 3.8) is 0 Å². The van der Waals surface area contributed by atoms with Crippen molar-refractivity contribution < 1.29 is 9.13 Å². The third-order valence-corrected chi connectivity index (χ3v) is 2.44. The molecule has 0 aliphatic carbocycles. The zero-order valence-electron chi connectivity index (χ0n) is 10.6. The lowest BCUT2D eigenvalue weighted by Crippen LogP contribution is -2.15. The van der Waals surface area contributed by atoms with Gasteiger partial charge in [-0.15, -0.1) is 0 Å². The van der Waals surface area contributed by atoms with Gasteiger partial charge in [0, 0.05) is 12.1 Å². The monoisotopic (exact) mass is 237 g/mol. The number of ether oxygens (including phenoxy) is 1. The van der Waals surface area contributed by atoms with Crippen LogP contribution >= 0.6 is 0 Å². The van der Waals surface area contributed by atoms with Crippen molar-refractivity contribution in [2.75, 3.05) is 13.2 Å². The van der Waals surface area contributed by atoms with E-state index in [1.807, 2.05) is 13.0 Å². The minimum atomic E-state index is -0.241. The molecule has 1 aromatic rings. The Labute approximate surface area is 102 Å². The van der Waals surface area contributed by atoms with Gasteiger partial charge in [0.15, 0.2) is 0 Å². The van der Waals surface area contributed by atoms with Crippen molar-refractivity contribution in [3.05, 3.63) is 41.7 Å². The molecule has 1 N–H and O–H groups in total. The van der Waals surface area contributed by atoms with E-state index >= 15 is 0 Å². The van der Waals surface area contributed by atoms with E-state index in [1.165, 1.54) is 0 Å². The quantitative estimate of drug-likeness (QED) is 0.580. The van der Waals surface area contributed by atoms with Crippen molar-refractivity contribution in [1.82, 2.24) is 5.32 Å². The molecule has 0 bridgehead atoms. The summed E-state index contributed by atoms with van der Waals surface area (Å²) in [5, 5.41) is 3.18. The molecule has 3 heteroatoms. The van der Waals surface area contributed by atoms with Gasteiger partial charge in [-0.25, -0.2) is 4.39 Å². The molecule has 0 saturated carbocycles. The predicted molar refractivity (Wildman–Crippen MR) is 69.1 cm³/mol. The maximum atomic E-state index is 14.1. The number of rotatable bonds is 7. The lowest BCUT2D eigenvalue weighted by molar-refractivity contribution is 0.297. The largest absolute Gasteiger partial charge is 0.494 e. The summed E-state index contributed by atoms with van der Waals surface area (Å²) in [4.78, 5) is 0. The second kappa shape index (κ2) is 7.07. The number of benzene rings is 1. The molecular weight excluding hydrogens is 217 g/mol. The molecule has 0 aliphatic heterocycles. The van der Waals surface area contributed by atoms with Crippen LogP contribution in [0.4, 0.5) is 4.39 Å². The highest BCUT2D eigenvalue weighted by atomic mass is 19.1. The van der Waals surface area contributed by atoms with Crippen LogP contribution in [-0.2, 0) is 11.3 Å². The topological polar surface area (TPSA) is 21.3 Å². The molecular formula is C14H20FNO. The smallest absolute Gasteiger partial charge is 0.138 e. The zero-order chi connectivity index (χ0) is 12.7. The van der Waals surface area contributed by atoms with E-state index in [-0.39, 0.29) is 5.82 Å². The third-order valence-electron chi connectivity index (χ3n) is 2.44. The van der Waals surface area contributed by atoms with E-state index in [4.69, 9.17) is 4.74 Å². The van der Waals surface area contributed by atoms with E-state index in [2.05, 4.69) is 18.8 Å². The first-order valence-electron chi connectivity index (χ1n) is 6.00. The molecule has 0 aliphatic rings. The fourth-order valence-electron chi connectivity index (χ4n) is 1.58. The lowest BCUT2D eigenvalue weighted by Gasteiger charge is -2.11. The molecule has 1 rings (SSSR count).